The molecular formula is C43H39Br. The van der Waals surface area contributed by atoms with E-state index in [9.17, 15) is 0 Å². The third kappa shape index (κ3) is 2.86. The summed E-state index contributed by atoms with van der Waals surface area (Å²) in [5.41, 5.74) is 19.0. The minimum atomic E-state index is -0.225. The molecule has 1 spiro atoms. The molecule has 4 saturated carbocycles. The fourth-order valence-corrected chi connectivity index (χ4v) is 14.1. The first-order chi connectivity index (χ1) is 21.6. The molecule has 0 nitrogen and oxygen atoms in total. The van der Waals surface area contributed by atoms with Crippen LogP contribution in [0.5, 0.6) is 0 Å². The molecule has 0 amide bonds. The van der Waals surface area contributed by atoms with Crippen LogP contribution in [0.4, 0.5) is 0 Å². The van der Waals surface area contributed by atoms with Crippen molar-refractivity contribution in [3.63, 3.8) is 0 Å². The number of halogens is 1. The fourth-order valence-electron chi connectivity index (χ4n) is 13.5. The van der Waals surface area contributed by atoms with Crippen LogP contribution >= 0.6 is 15.9 Å². The lowest BCUT2D eigenvalue weighted by molar-refractivity contribution is 0.165. The van der Waals surface area contributed by atoms with Gasteiger partial charge in [-0.25, -0.2) is 0 Å². The van der Waals surface area contributed by atoms with Gasteiger partial charge in [0.2, 0.25) is 0 Å². The first kappa shape index (κ1) is 24.6. The average Bonchev–Trinajstić information content (AvgIpc) is 3.34. The van der Waals surface area contributed by atoms with E-state index < -0.39 is 0 Å². The van der Waals surface area contributed by atoms with Crippen molar-refractivity contribution >= 4 is 15.9 Å². The predicted octanol–water partition coefficient (Wildman–Crippen LogP) is 11.6. The van der Waals surface area contributed by atoms with E-state index in [2.05, 4.69) is 82.7 Å². The van der Waals surface area contributed by atoms with E-state index in [0.717, 1.165) is 47.3 Å². The maximum Gasteiger partial charge on any atom is 0.0726 e. The van der Waals surface area contributed by atoms with Crippen molar-refractivity contribution in [3.8, 4) is 22.3 Å². The zero-order valence-corrected chi connectivity index (χ0v) is 27.0. The molecule has 4 aromatic carbocycles. The summed E-state index contributed by atoms with van der Waals surface area (Å²) in [6.45, 7) is 0. The molecule has 0 radical (unpaired) electrons. The Kier molecular flexibility index (Phi) is 4.58. The Bertz CT molecular complexity index is 1840. The molecule has 10 aliphatic rings. The van der Waals surface area contributed by atoms with Crippen molar-refractivity contribution in [2.45, 2.75) is 93.3 Å². The van der Waals surface area contributed by atoms with Crippen LogP contribution in [0.2, 0.25) is 0 Å². The first-order valence-electron chi connectivity index (χ1n) is 17.9. The van der Waals surface area contributed by atoms with E-state index in [-0.39, 0.29) is 5.41 Å². The lowest BCUT2D eigenvalue weighted by atomic mass is 9.66. The van der Waals surface area contributed by atoms with Gasteiger partial charge in [-0.1, -0.05) is 76.6 Å². The molecule has 4 fully saturated rings. The van der Waals surface area contributed by atoms with Crippen LogP contribution in [0.1, 0.15) is 132 Å². The summed E-state index contributed by atoms with van der Waals surface area (Å²) < 4.78 is 1.24. The van der Waals surface area contributed by atoms with Crippen LogP contribution in [0, 0.1) is 23.7 Å². The van der Waals surface area contributed by atoms with Crippen LogP contribution in [0.25, 0.3) is 22.3 Å². The minimum absolute atomic E-state index is 0.225. The molecular weight excluding hydrogens is 596 g/mol. The normalized spacial score (nSPS) is 36.8. The Hall–Kier alpha value is -2.64. The Balaban J connectivity index is 1.21. The van der Waals surface area contributed by atoms with Crippen LogP contribution in [-0.2, 0) is 5.41 Å². The number of hydrogen-bond acceptors (Lipinski definition) is 0. The van der Waals surface area contributed by atoms with Gasteiger partial charge in [0.1, 0.15) is 0 Å². The SMILES string of the molecule is Brc1cccc2c1-c1ccccc1C21c2cc3c(cc2-c2cc4c(cc21)C1CC2CC(CC4C2)C1)C1CC2CC(C1)CC3C2. The highest BCUT2D eigenvalue weighted by molar-refractivity contribution is 9.10. The summed E-state index contributed by atoms with van der Waals surface area (Å²) in [5.74, 6) is 6.87. The number of hydrogen-bond donors (Lipinski definition) is 0. The highest BCUT2D eigenvalue weighted by Gasteiger charge is 2.55. The Morgan fingerprint density at radius 3 is 1.41 bits per heavy atom. The second-order valence-electron chi connectivity index (χ2n) is 16.6. The maximum atomic E-state index is 4.07. The zero-order valence-electron chi connectivity index (χ0n) is 25.4. The zero-order chi connectivity index (χ0) is 28.5. The monoisotopic (exact) mass is 634 g/mol. The van der Waals surface area contributed by atoms with Gasteiger partial charge in [0.15, 0.2) is 0 Å². The molecule has 8 bridgehead atoms. The van der Waals surface area contributed by atoms with Gasteiger partial charge < -0.3 is 0 Å². The molecule has 1 heteroatoms. The number of fused-ring (bicyclic) bond motifs is 10. The van der Waals surface area contributed by atoms with Gasteiger partial charge in [0.05, 0.1) is 5.41 Å². The lowest BCUT2D eigenvalue weighted by Crippen LogP contribution is -2.27. The third-order valence-electron chi connectivity index (χ3n) is 14.6. The third-order valence-corrected chi connectivity index (χ3v) is 15.3. The summed E-state index contributed by atoms with van der Waals surface area (Å²) in [4.78, 5) is 0. The standard InChI is InChI=1S/C43H39Br/c44-41-7-3-6-38-42(41)30-4-1-2-5-37(30)43(38)39-20-33-28-14-22-8-23(15-28)11-26(10-22)31(33)18-35(39)36-19-32-27-12-24-9-25(13-27)17-29(16-24)34(32)21-40(36)43/h1-7,18-29H,8-17H2. The molecule has 14 rings (SSSR count). The second-order valence-corrected chi connectivity index (χ2v) is 17.5. The molecule has 0 aromatic heterocycles. The highest BCUT2D eigenvalue weighted by atomic mass is 79.9. The Morgan fingerprint density at radius 1 is 0.432 bits per heavy atom. The Morgan fingerprint density at radius 2 is 0.886 bits per heavy atom. The van der Waals surface area contributed by atoms with Crippen LogP contribution in [0.3, 0.4) is 0 Å². The van der Waals surface area contributed by atoms with Gasteiger partial charge in [-0.05, 0) is 179 Å². The molecule has 4 unspecified atom stereocenters. The van der Waals surface area contributed by atoms with Gasteiger partial charge in [-0.15, -0.1) is 0 Å². The molecule has 0 saturated heterocycles. The van der Waals surface area contributed by atoms with Crippen molar-refractivity contribution in [1.82, 2.24) is 0 Å². The topological polar surface area (TPSA) is 0 Å². The van der Waals surface area contributed by atoms with Gasteiger partial charge in [-0.2, -0.15) is 0 Å². The fraction of sp³-hybridized carbons (Fsp3) is 0.442. The van der Waals surface area contributed by atoms with Gasteiger partial charge in [0.25, 0.3) is 0 Å². The molecule has 218 valence electrons. The summed E-state index contributed by atoms with van der Waals surface area (Å²) in [6, 6.07) is 27.7. The minimum Gasteiger partial charge on any atom is -0.0619 e. The van der Waals surface area contributed by atoms with Crippen molar-refractivity contribution < 1.29 is 0 Å². The Labute approximate surface area is 269 Å². The van der Waals surface area contributed by atoms with Crippen molar-refractivity contribution in [2.75, 3.05) is 0 Å². The van der Waals surface area contributed by atoms with E-state index in [1.807, 2.05) is 0 Å². The lowest BCUT2D eigenvalue weighted by Gasteiger charge is -2.38. The summed E-state index contributed by atoms with van der Waals surface area (Å²) in [7, 11) is 0. The molecule has 44 heavy (non-hydrogen) atoms. The second kappa shape index (κ2) is 8.19. The summed E-state index contributed by atoms with van der Waals surface area (Å²) in [6.07, 6.45) is 14.5. The molecule has 0 heterocycles. The predicted molar refractivity (Wildman–Crippen MR) is 182 cm³/mol. The van der Waals surface area contributed by atoms with Gasteiger partial charge in [0, 0.05) is 10.0 Å². The maximum absolute atomic E-state index is 4.07. The van der Waals surface area contributed by atoms with Crippen LogP contribution < -0.4 is 0 Å². The van der Waals surface area contributed by atoms with E-state index in [0.29, 0.717) is 0 Å². The van der Waals surface area contributed by atoms with E-state index >= 15 is 0 Å². The van der Waals surface area contributed by atoms with Crippen molar-refractivity contribution in [2.24, 2.45) is 23.7 Å². The molecule has 0 aliphatic heterocycles. The van der Waals surface area contributed by atoms with E-state index in [1.165, 1.54) is 90.9 Å². The summed E-state index contributed by atoms with van der Waals surface area (Å²) >= 11 is 4.07. The molecule has 4 atom stereocenters. The largest absolute Gasteiger partial charge is 0.0726 e. The van der Waals surface area contributed by atoms with Crippen molar-refractivity contribution in [3.05, 3.63) is 116 Å². The van der Waals surface area contributed by atoms with Crippen molar-refractivity contribution in [1.29, 1.82) is 0 Å². The molecule has 0 N–H and O–H groups in total. The van der Waals surface area contributed by atoms with Gasteiger partial charge in [-0.3, -0.25) is 0 Å². The van der Waals surface area contributed by atoms with E-state index in [4.69, 9.17) is 0 Å². The number of rotatable bonds is 0. The smallest absolute Gasteiger partial charge is 0.0619 e. The van der Waals surface area contributed by atoms with Crippen LogP contribution in [0.15, 0.2) is 71.2 Å². The van der Waals surface area contributed by atoms with E-state index in [1.54, 1.807) is 44.5 Å². The van der Waals surface area contributed by atoms with Gasteiger partial charge >= 0.3 is 0 Å². The quantitative estimate of drug-likeness (QED) is 0.156. The molecule has 4 aromatic rings. The highest BCUT2D eigenvalue weighted by Crippen LogP contribution is 2.67. The first-order valence-corrected chi connectivity index (χ1v) is 18.7. The average molecular weight is 636 g/mol. The summed E-state index contributed by atoms with van der Waals surface area (Å²) in [5, 5.41) is 0. The number of benzene rings is 4. The van der Waals surface area contributed by atoms with Crippen LogP contribution in [-0.4, -0.2) is 0 Å². The molecule has 10 aliphatic carbocycles.